The first-order valence-electron chi connectivity index (χ1n) is 8.50. The van der Waals surface area contributed by atoms with Crippen LogP contribution in [0.2, 0.25) is 0 Å². The predicted octanol–water partition coefficient (Wildman–Crippen LogP) is 3.25. The lowest BCUT2D eigenvalue weighted by molar-refractivity contribution is -0.128. The van der Waals surface area contributed by atoms with E-state index in [1.807, 2.05) is 66.7 Å². The highest BCUT2D eigenvalue weighted by atomic mass is 32.2. The van der Waals surface area contributed by atoms with Crippen molar-refractivity contribution in [1.29, 1.82) is 0 Å². The lowest BCUT2D eigenvalue weighted by Gasteiger charge is -2.12. The second-order valence-electron chi connectivity index (χ2n) is 6.27. The summed E-state index contributed by atoms with van der Waals surface area (Å²) >= 11 is 1.54. The zero-order valence-electron chi connectivity index (χ0n) is 14.1. The minimum atomic E-state index is -0.227. The molecule has 0 bridgehead atoms. The van der Waals surface area contributed by atoms with Gasteiger partial charge in [-0.1, -0.05) is 60.7 Å². The van der Waals surface area contributed by atoms with Crippen molar-refractivity contribution in [2.24, 2.45) is 0 Å². The van der Waals surface area contributed by atoms with Crippen molar-refractivity contribution in [1.82, 2.24) is 10.9 Å². The summed E-state index contributed by atoms with van der Waals surface area (Å²) in [5, 5.41) is 1.95. The molecule has 4 nitrogen and oxygen atoms in total. The Morgan fingerprint density at radius 1 is 0.923 bits per heavy atom. The Kier molecular flexibility index (Phi) is 4.63. The lowest BCUT2D eigenvalue weighted by atomic mass is 10.0. The fraction of sp³-hybridized carbons (Fsp3) is 0.143. The summed E-state index contributed by atoms with van der Waals surface area (Å²) < 4.78 is 0. The van der Waals surface area contributed by atoms with Gasteiger partial charge in [0.2, 0.25) is 5.91 Å². The number of hydrogen-bond acceptors (Lipinski definition) is 3. The van der Waals surface area contributed by atoms with Crippen molar-refractivity contribution in [3.63, 3.8) is 0 Å². The Hall–Kier alpha value is -2.79. The molecule has 1 heterocycles. The molecule has 0 fully saturated rings. The number of carbonyl (C=O) groups excluding carboxylic acids is 2. The van der Waals surface area contributed by atoms with Gasteiger partial charge < -0.3 is 0 Å². The first kappa shape index (κ1) is 16.7. The maximum atomic E-state index is 12.3. The van der Waals surface area contributed by atoms with Crippen LogP contribution in [0, 0.1) is 0 Å². The molecule has 2 amide bonds. The SMILES string of the molecule is O=C(Cc1cccc2ccccc12)NNC(=O)C1Cc2ccccc2S1. The van der Waals surface area contributed by atoms with E-state index < -0.39 is 0 Å². The fourth-order valence-electron chi connectivity index (χ4n) is 3.20. The Morgan fingerprint density at radius 3 is 2.58 bits per heavy atom. The number of rotatable bonds is 3. The molecule has 1 aliphatic heterocycles. The number of nitrogens with one attached hydrogen (secondary N) is 2. The molecule has 130 valence electrons. The summed E-state index contributed by atoms with van der Waals surface area (Å²) in [4.78, 5) is 25.7. The molecule has 26 heavy (non-hydrogen) atoms. The van der Waals surface area contributed by atoms with E-state index in [0.717, 1.165) is 21.2 Å². The van der Waals surface area contributed by atoms with Crippen LogP contribution in [0.15, 0.2) is 71.6 Å². The van der Waals surface area contributed by atoms with Crippen molar-refractivity contribution < 1.29 is 9.59 Å². The van der Waals surface area contributed by atoms with Gasteiger partial charge in [-0.05, 0) is 34.4 Å². The van der Waals surface area contributed by atoms with Gasteiger partial charge in [-0.2, -0.15) is 0 Å². The van der Waals surface area contributed by atoms with Gasteiger partial charge in [0, 0.05) is 4.90 Å². The van der Waals surface area contributed by atoms with E-state index in [1.165, 1.54) is 17.3 Å². The summed E-state index contributed by atoms with van der Waals surface area (Å²) in [5.74, 6) is -0.396. The van der Waals surface area contributed by atoms with Gasteiger partial charge >= 0.3 is 0 Å². The number of hydrazine groups is 1. The van der Waals surface area contributed by atoms with Crippen LogP contribution in [0.3, 0.4) is 0 Å². The molecule has 0 aromatic heterocycles. The van der Waals surface area contributed by atoms with Gasteiger partial charge in [0.15, 0.2) is 0 Å². The largest absolute Gasteiger partial charge is 0.273 e. The van der Waals surface area contributed by atoms with Crippen molar-refractivity contribution in [3.8, 4) is 0 Å². The van der Waals surface area contributed by atoms with E-state index in [9.17, 15) is 9.59 Å². The van der Waals surface area contributed by atoms with Crippen LogP contribution in [0.1, 0.15) is 11.1 Å². The second-order valence-corrected chi connectivity index (χ2v) is 7.52. The number of benzene rings is 3. The number of carbonyl (C=O) groups is 2. The second kappa shape index (κ2) is 7.22. The number of hydrogen-bond donors (Lipinski definition) is 2. The Balaban J connectivity index is 1.35. The molecular weight excluding hydrogens is 344 g/mol. The molecule has 0 saturated carbocycles. The maximum Gasteiger partial charge on any atom is 0.252 e. The third-order valence-corrected chi connectivity index (χ3v) is 5.81. The van der Waals surface area contributed by atoms with Crippen molar-refractivity contribution >= 4 is 34.3 Å². The molecule has 1 unspecified atom stereocenters. The molecule has 3 aromatic carbocycles. The summed E-state index contributed by atoms with van der Waals surface area (Å²) in [5.41, 5.74) is 7.24. The van der Waals surface area contributed by atoms with E-state index in [2.05, 4.69) is 10.9 Å². The molecule has 3 aromatic rings. The van der Waals surface area contributed by atoms with E-state index in [1.54, 1.807) is 0 Å². The van der Waals surface area contributed by atoms with Crippen molar-refractivity contribution in [2.75, 3.05) is 0 Å². The Bertz CT molecular complexity index is 956. The lowest BCUT2D eigenvalue weighted by Crippen LogP contribution is -2.46. The fourth-order valence-corrected chi connectivity index (χ4v) is 4.40. The molecule has 1 atom stereocenters. The van der Waals surface area contributed by atoms with E-state index in [-0.39, 0.29) is 23.5 Å². The number of fused-ring (bicyclic) bond motifs is 2. The normalized spacial score (nSPS) is 15.5. The van der Waals surface area contributed by atoms with Crippen LogP contribution in [0.5, 0.6) is 0 Å². The van der Waals surface area contributed by atoms with Gasteiger partial charge in [0.05, 0.1) is 11.7 Å². The van der Waals surface area contributed by atoms with E-state index in [0.29, 0.717) is 6.42 Å². The highest BCUT2D eigenvalue weighted by Crippen LogP contribution is 2.36. The third-order valence-electron chi connectivity index (χ3n) is 4.50. The van der Waals surface area contributed by atoms with Crippen LogP contribution in [0.25, 0.3) is 10.8 Å². The predicted molar refractivity (Wildman–Crippen MR) is 104 cm³/mol. The minimum absolute atomic E-state index is 0.169. The Morgan fingerprint density at radius 2 is 1.69 bits per heavy atom. The van der Waals surface area contributed by atoms with Gasteiger partial charge in [0.25, 0.3) is 5.91 Å². The smallest absolute Gasteiger partial charge is 0.252 e. The molecule has 2 N–H and O–H groups in total. The zero-order valence-corrected chi connectivity index (χ0v) is 14.9. The third kappa shape index (κ3) is 3.44. The van der Waals surface area contributed by atoms with Crippen LogP contribution in [0.4, 0.5) is 0 Å². The summed E-state index contributed by atoms with van der Waals surface area (Å²) in [6.45, 7) is 0. The summed E-state index contributed by atoms with van der Waals surface area (Å²) in [6, 6.07) is 21.9. The quantitative estimate of drug-likeness (QED) is 0.703. The van der Waals surface area contributed by atoms with E-state index in [4.69, 9.17) is 0 Å². The molecule has 0 saturated heterocycles. The molecule has 1 aliphatic rings. The van der Waals surface area contributed by atoms with Crippen LogP contribution in [-0.2, 0) is 22.4 Å². The van der Waals surface area contributed by atoms with Gasteiger partial charge in [0.1, 0.15) is 0 Å². The summed E-state index contributed by atoms with van der Waals surface area (Å²) in [6.07, 6.45) is 0.908. The van der Waals surface area contributed by atoms with Gasteiger partial charge in [-0.25, -0.2) is 0 Å². The topological polar surface area (TPSA) is 58.2 Å². The number of amides is 2. The molecule has 0 aliphatic carbocycles. The van der Waals surface area contributed by atoms with E-state index >= 15 is 0 Å². The molecule has 4 rings (SSSR count). The van der Waals surface area contributed by atoms with Crippen LogP contribution in [-0.4, -0.2) is 17.1 Å². The molecule has 0 spiro atoms. The van der Waals surface area contributed by atoms with Crippen LogP contribution >= 0.6 is 11.8 Å². The molecular formula is C21H18N2O2S. The number of thioether (sulfide) groups is 1. The standard InChI is InChI=1S/C21H18N2O2S/c24-20(13-15-9-5-8-14-6-1-3-10-17(14)15)22-23-21(25)19-12-16-7-2-4-11-18(16)26-19/h1-11,19H,12-13H2,(H,22,24)(H,23,25). The van der Waals surface area contributed by atoms with Crippen molar-refractivity contribution in [2.45, 2.75) is 23.0 Å². The first-order valence-corrected chi connectivity index (χ1v) is 9.38. The van der Waals surface area contributed by atoms with Crippen LogP contribution < -0.4 is 10.9 Å². The average molecular weight is 362 g/mol. The highest BCUT2D eigenvalue weighted by molar-refractivity contribution is 8.01. The average Bonchev–Trinajstić information content (AvgIpc) is 3.11. The molecule has 0 radical (unpaired) electrons. The monoisotopic (exact) mass is 362 g/mol. The van der Waals surface area contributed by atoms with Gasteiger partial charge in [-0.15, -0.1) is 11.8 Å². The zero-order chi connectivity index (χ0) is 17.9. The summed E-state index contributed by atoms with van der Waals surface area (Å²) in [7, 11) is 0. The van der Waals surface area contributed by atoms with Gasteiger partial charge in [-0.3, -0.25) is 20.4 Å². The molecule has 5 heteroatoms. The highest BCUT2D eigenvalue weighted by Gasteiger charge is 2.28. The minimum Gasteiger partial charge on any atom is -0.273 e. The maximum absolute atomic E-state index is 12.3. The Labute approximate surface area is 156 Å². The first-order chi connectivity index (χ1) is 12.7. The van der Waals surface area contributed by atoms with Crippen molar-refractivity contribution in [3.05, 3.63) is 77.9 Å².